The molecule has 1 aromatic heterocycles. The molecule has 0 spiro atoms. The van der Waals surface area contributed by atoms with E-state index in [1.54, 1.807) is 6.92 Å². The average Bonchev–Trinajstić information content (AvgIpc) is 2.68. The molecule has 158 valence electrons. The largest absolute Gasteiger partial charge is 0.481 e. The van der Waals surface area contributed by atoms with E-state index in [2.05, 4.69) is 20.0 Å². The highest BCUT2D eigenvalue weighted by molar-refractivity contribution is 7.98. The minimum Gasteiger partial charge on any atom is -0.481 e. The molecule has 3 rings (SSSR count). The first-order chi connectivity index (χ1) is 13.8. The number of rotatable bonds is 7. The van der Waals surface area contributed by atoms with E-state index in [9.17, 15) is 17.2 Å². The molecule has 12 heteroatoms. The summed E-state index contributed by atoms with van der Waals surface area (Å²) in [7, 11) is -2.44. The number of anilines is 1. The van der Waals surface area contributed by atoms with Crippen LogP contribution in [-0.2, 0) is 16.0 Å². The van der Waals surface area contributed by atoms with E-state index in [4.69, 9.17) is 4.74 Å². The van der Waals surface area contributed by atoms with Crippen LogP contribution in [-0.4, -0.2) is 55.5 Å². The van der Waals surface area contributed by atoms with Crippen molar-refractivity contribution in [2.45, 2.75) is 23.9 Å². The average molecular weight is 446 g/mol. The second kappa shape index (κ2) is 9.20. The van der Waals surface area contributed by atoms with Crippen LogP contribution in [0.3, 0.4) is 0 Å². The molecule has 0 radical (unpaired) electrons. The lowest BCUT2D eigenvalue weighted by Gasteiger charge is -2.32. The minimum atomic E-state index is -3.83. The molecule has 0 bridgehead atoms. The van der Waals surface area contributed by atoms with Gasteiger partial charge in [0.1, 0.15) is 5.82 Å². The lowest BCUT2D eigenvalue weighted by atomic mass is 10.2. The molecule has 2 N–H and O–H groups in total. The highest BCUT2D eigenvalue weighted by Crippen LogP contribution is 2.26. The maximum absolute atomic E-state index is 13.8. The van der Waals surface area contributed by atoms with E-state index in [0.717, 1.165) is 17.8 Å². The number of thioether (sulfide) groups is 1. The van der Waals surface area contributed by atoms with Crippen molar-refractivity contribution < 1.29 is 21.9 Å². The fourth-order valence-electron chi connectivity index (χ4n) is 2.80. The zero-order chi connectivity index (χ0) is 21.0. The summed E-state index contributed by atoms with van der Waals surface area (Å²) in [4.78, 5) is 8.31. The number of methoxy groups -OCH3 is 1. The zero-order valence-electron chi connectivity index (χ0n) is 15.9. The van der Waals surface area contributed by atoms with Crippen LogP contribution in [0.1, 0.15) is 12.5 Å². The molecular weight excluding hydrogens is 424 g/mol. The predicted octanol–water partition coefficient (Wildman–Crippen LogP) is 2.01. The molecular formula is C17H21F2N5O3S2. The molecule has 0 amide bonds. The van der Waals surface area contributed by atoms with E-state index in [1.165, 1.54) is 29.6 Å². The molecule has 8 nitrogen and oxygen atoms in total. The number of nitrogens with one attached hydrogen (secondary N) is 2. The monoisotopic (exact) mass is 445 g/mol. The zero-order valence-corrected chi connectivity index (χ0v) is 17.5. The highest BCUT2D eigenvalue weighted by atomic mass is 32.2. The van der Waals surface area contributed by atoms with Crippen molar-refractivity contribution in [3.8, 4) is 5.88 Å². The Hall–Kier alpha value is -2.02. The van der Waals surface area contributed by atoms with Gasteiger partial charge in [-0.15, -0.1) is 0 Å². The van der Waals surface area contributed by atoms with Gasteiger partial charge in [-0.05, 0) is 13.0 Å². The summed E-state index contributed by atoms with van der Waals surface area (Å²) in [6.45, 7) is 3.24. The fourth-order valence-corrected chi connectivity index (χ4v) is 4.99. The molecule has 0 aliphatic carbocycles. The number of halogens is 2. The van der Waals surface area contributed by atoms with Crippen molar-refractivity contribution in [3.05, 3.63) is 41.5 Å². The Morgan fingerprint density at radius 3 is 2.90 bits per heavy atom. The third kappa shape index (κ3) is 5.32. The van der Waals surface area contributed by atoms with Crippen LogP contribution < -0.4 is 14.8 Å². The molecule has 29 heavy (non-hydrogen) atoms. The van der Waals surface area contributed by atoms with Crippen LogP contribution in [0.4, 0.5) is 14.6 Å². The molecule has 1 saturated heterocycles. The van der Waals surface area contributed by atoms with Crippen LogP contribution in [0.15, 0.2) is 29.4 Å². The number of aromatic nitrogens is 2. The molecule has 1 atom stereocenters. The Labute approximate surface area is 172 Å². The summed E-state index contributed by atoms with van der Waals surface area (Å²) in [6.07, 6.45) is 0. The van der Waals surface area contributed by atoms with E-state index in [1.807, 2.05) is 0 Å². The Balaban J connectivity index is 1.79. The summed E-state index contributed by atoms with van der Waals surface area (Å²) in [6, 6.07) is 5.05. The Bertz CT molecular complexity index is 978. The van der Waals surface area contributed by atoms with Crippen molar-refractivity contribution in [1.29, 1.82) is 0 Å². The van der Waals surface area contributed by atoms with Crippen molar-refractivity contribution >= 4 is 27.8 Å². The van der Waals surface area contributed by atoms with Gasteiger partial charge in [0, 0.05) is 43.1 Å². The van der Waals surface area contributed by atoms with Crippen molar-refractivity contribution in [2.75, 3.05) is 31.5 Å². The Kier molecular flexibility index (Phi) is 6.88. The van der Waals surface area contributed by atoms with Crippen LogP contribution in [0.2, 0.25) is 0 Å². The molecule has 2 heterocycles. The molecule has 1 aromatic carbocycles. The van der Waals surface area contributed by atoms with E-state index >= 15 is 0 Å². The second-order valence-electron chi connectivity index (χ2n) is 6.35. The lowest BCUT2D eigenvalue weighted by molar-refractivity contribution is 0.285. The van der Waals surface area contributed by atoms with Crippen LogP contribution in [0.5, 0.6) is 5.88 Å². The second-order valence-corrected chi connectivity index (χ2v) is 8.92. The van der Waals surface area contributed by atoms with Gasteiger partial charge in [0.05, 0.1) is 7.11 Å². The topological polar surface area (TPSA) is 96.5 Å². The lowest BCUT2D eigenvalue weighted by Crippen LogP contribution is -2.53. The summed E-state index contributed by atoms with van der Waals surface area (Å²) < 4.78 is 61.6. The molecule has 1 aliphatic rings. The van der Waals surface area contributed by atoms with Gasteiger partial charge < -0.3 is 10.1 Å². The number of hydrogen-bond donors (Lipinski definition) is 2. The first-order valence-electron chi connectivity index (χ1n) is 8.79. The summed E-state index contributed by atoms with van der Waals surface area (Å²) >= 11 is 1.03. The van der Waals surface area contributed by atoms with E-state index < -0.39 is 21.8 Å². The van der Waals surface area contributed by atoms with E-state index in [0.29, 0.717) is 19.6 Å². The Morgan fingerprint density at radius 1 is 1.38 bits per heavy atom. The van der Waals surface area contributed by atoms with Gasteiger partial charge in [0.25, 0.3) is 0 Å². The fraction of sp³-hybridized carbons (Fsp3) is 0.412. The number of nitrogens with zero attached hydrogens (tertiary/aromatic N) is 3. The summed E-state index contributed by atoms with van der Waals surface area (Å²) in [5, 5.41) is 3.29. The predicted molar refractivity (Wildman–Crippen MR) is 106 cm³/mol. The summed E-state index contributed by atoms with van der Waals surface area (Å²) in [5.74, 6) is -1.62. The van der Waals surface area contributed by atoms with Gasteiger partial charge in [-0.3, -0.25) is 4.72 Å². The standard InChI is InChI=1S/C17H21F2N5O3S2/c1-11-9-20-6-7-24(11)29(25,26)23-14-8-15(27-2)22-17(21-14)28-10-12-4-3-5-13(18)16(12)19/h3-5,8,11,20H,6-7,9-10H2,1-2H3,(H,21,22,23)/t11-/m1/s1. The smallest absolute Gasteiger partial charge is 0.303 e. The third-order valence-electron chi connectivity index (χ3n) is 4.26. The van der Waals surface area contributed by atoms with Crippen molar-refractivity contribution in [2.24, 2.45) is 0 Å². The number of piperazine rings is 1. The van der Waals surface area contributed by atoms with Gasteiger partial charge >= 0.3 is 10.2 Å². The maximum Gasteiger partial charge on any atom is 0.303 e. The first kappa shape index (κ1) is 21.7. The molecule has 1 aliphatic heterocycles. The van der Waals surface area contributed by atoms with Crippen LogP contribution in [0, 0.1) is 11.6 Å². The molecule has 2 aromatic rings. The van der Waals surface area contributed by atoms with Gasteiger partial charge in [-0.2, -0.15) is 17.7 Å². The SMILES string of the molecule is COc1cc(NS(=O)(=O)N2CCNC[C@H]2C)nc(SCc2cccc(F)c2F)n1. The van der Waals surface area contributed by atoms with Crippen molar-refractivity contribution in [1.82, 2.24) is 19.6 Å². The first-order valence-corrected chi connectivity index (χ1v) is 11.2. The van der Waals surface area contributed by atoms with Gasteiger partial charge in [0.15, 0.2) is 16.8 Å². The van der Waals surface area contributed by atoms with E-state index in [-0.39, 0.29) is 34.2 Å². The van der Waals surface area contributed by atoms with Gasteiger partial charge in [-0.1, -0.05) is 23.9 Å². The maximum atomic E-state index is 13.8. The number of benzene rings is 1. The van der Waals surface area contributed by atoms with Crippen LogP contribution >= 0.6 is 11.8 Å². The highest BCUT2D eigenvalue weighted by Gasteiger charge is 2.30. The molecule has 1 fully saturated rings. The number of hydrogen-bond acceptors (Lipinski definition) is 7. The number of ether oxygens (including phenoxy) is 1. The third-order valence-corrected chi connectivity index (χ3v) is 6.79. The molecule has 0 saturated carbocycles. The normalized spacial score (nSPS) is 17.9. The molecule has 0 unspecified atom stereocenters. The quantitative estimate of drug-likeness (QED) is 0.497. The van der Waals surface area contributed by atoms with Gasteiger partial charge in [-0.25, -0.2) is 13.8 Å². The Morgan fingerprint density at radius 2 is 2.17 bits per heavy atom. The minimum absolute atomic E-state index is 0.0322. The van der Waals surface area contributed by atoms with Crippen LogP contribution in [0.25, 0.3) is 0 Å². The summed E-state index contributed by atoms with van der Waals surface area (Å²) in [5.41, 5.74) is 0.151. The van der Waals surface area contributed by atoms with Gasteiger partial charge in [0.2, 0.25) is 5.88 Å². The van der Waals surface area contributed by atoms with Crippen molar-refractivity contribution in [3.63, 3.8) is 0 Å².